The van der Waals surface area contributed by atoms with Gasteiger partial charge in [-0.05, 0) is 34.1 Å². The highest BCUT2D eigenvalue weighted by molar-refractivity contribution is 4.49. The Hall–Kier alpha value is -0.0800. The molecule has 0 radical (unpaired) electrons. The fraction of sp³-hybridized carbons (Fsp3) is 1.00. The number of nitrogens with two attached hydrogens (primary N) is 1. The summed E-state index contributed by atoms with van der Waals surface area (Å²) in [5.41, 5.74) is 4.50. The van der Waals surface area contributed by atoms with Crippen LogP contribution in [0.1, 0.15) is 71.1 Å². The van der Waals surface area contributed by atoms with Gasteiger partial charge in [0.15, 0.2) is 0 Å². The van der Waals surface area contributed by atoms with Crippen LogP contribution in [0.2, 0.25) is 0 Å². The molecule has 0 amide bonds. The molecule has 106 valence electrons. The summed E-state index contributed by atoms with van der Waals surface area (Å²) in [6.45, 7) is 3.54. The molecule has 17 heavy (non-hydrogen) atoms. The molecule has 0 spiro atoms. The van der Waals surface area contributed by atoms with Gasteiger partial charge in [-0.1, -0.05) is 64.7 Å². The third kappa shape index (κ3) is 21.7. The summed E-state index contributed by atoms with van der Waals surface area (Å²) >= 11 is 0. The van der Waals surface area contributed by atoms with Gasteiger partial charge >= 0.3 is 0 Å². The second kappa shape index (κ2) is 18.3. The molecule has 2 nitrogen and oxygen atoms in total. The van der Waals surface area contributed by atoms with E-state index in [4.69, 9.17) is 0 Å². The molecule has 0 fully saturated rings. The van der Waals surface area contributed by atoms with Crippen LogP contribution in [0, 0.1) is 0 Å². The first-order valence-corrected chi connectivity index (χ1v) is 7.50. The van der Waals surface area contributed by atoms with Gasteiger partial charge in [0.1, 0.15) is 0 Å². The number of hydrogen-bond donors (Lipinski definition) is 1. The molecule has 0 aromatic carbocycles. The Bertz CT molecular complexity index is 113. The Balaban J connectivity index is 0. The molecule has 0 aliphatic rings. The molecule has 2 N–H and O–H groups in total. The van der Waals surface area contributed by atoms with Crippen LogP contribution in [0.15, 0.2) is 0 Å². The van der Waals surface area contributed by atoms with Gasteiger partial charge in [-0.25, -0.2) is 0 Å². The van der Waals surface area contributed by atoms with Crippen molar-refractivity contribution >= 4 is 0 Å². The van der Waals surface area contributed by atoms with Crippen LogP contribution in [-0.2, 0) is 0 Å². The molecule has 0 aromatic heterocycles. The second-order valence-corrected chi connectivity index (χ2v) is 4.99. The van der Waals surface area contributed by atoms with Gasteiger partial charge in [-0.3, -0.25) is 0 Å². The predicted octanol–water partition coefficient (Wildman–Crippen LogP) is 4.04. The molecule has 0 aliphatic heterocycles. The van der Waals surface area contributed by atoms with Gasteiger partial charge in [0.25, 0.3) is 0 Å². The minimum atomic E-state index is 1.26. The van der Waals surface area contributed by atoms with Crippen molar-refractivity contribution in [1.82, 2.24) is 4.90 Å². The first-order chi connectivity index (χ1) is 8.27. The van der Waals surface area contributed by atoms with E-state index in [1.54, 1.807) is 0 Å². The SMILES string of the molecule is CCCCCCCCCCCCN(C)C.CN. The zero-order valence-electron chi connectivity index (χ0n) is 12.8. The highest BCUT2D eigenvalue weighted by Gasteiger charge is 1.93. The summed E-state index contributed by atoms with van der Waals surface area (Å²) in [5.74, 6) is 0. The Morgan fingerprint density at radius 3 is 1.35 bits per heavy atom. The van der Waals surface area contributed by atoms with Crippen LogP contribution in [0.5, 0.6) is 0 Å². The van der Waals surface area contributed by atoms with E-state index in [0.717, 1.165) is 0 Å². The first-order valence-electron chi connectivity index (χ1n) is 7.50. The minimum Gasteiger partial charge on any atom is -0.333 e. The summed E-state index contributed by atoms with van der Waals surface area (Å²) in [6.07, 6.45) is 14.4. The summed E-state index contributed by atoms with van der Waals surface area (Å²) in [4.78, 5) is 2.28. The van der Waals surface area contributed by atoms with E-state index < -0.39 is 0 Å². The van der Waals surface area contributed by atoms with Crippen molar-refractivity contribution in [3.63, 3.8) is 0 Å². The molecule has 0 saturated carbocycles. The molecule has 0 bridgehead atoms. The van der Waals surface area contributed by atoms with E-state index in [-0.39, 0.29) is 0 Å². The van der Waals surface area contributed by atoms with Crippen molar-refractivity contribution in [2.45, 2.75) is 71.1 Å². The van der Waals surface area contributed by atoms with Crippen LogP contribution < -0.4 is 5.73 Å². The standard InChI is InChI=1S/C14H31N.CH5N/c1-4-5-6-7-8-9-10-11-12-13-14-15(2)3;1-2/h4-14H2,1-3H3;2H2,1H3. The minimum absolute atomic E-state index is 1.26. The Morgan fingerprint density at radius 1 is 0.647 bits per heavy atom. The Morgan fingerprint density at radius 2 is 1.00 bits per heavy atom. The molecule has 0 aliphatic carbocycles. The van der Waals surface area contributed by atoms with E-state index in [2.05, 4.69) is 31.7 Å². The van der Waals surface area contributed by atoms with Crippen LogP contribution >= 0.6 is 0 Å². The first kappa shape index (κ1) is 19.3. The number of unbranched alkanes of at least 4 members (excludes halogenated alkanes) is 9. The van der Waals surface area contributed by atoms with Gasteiger partial charge in [-0.15, -0.1) is 0 Å². The fourth-order valence-electron chi connectivity index (χ4n) is 1.92. The van der Waals surface area contributed by atoms with Gasteiger partial charge in [-0.2, -0.15) is 0 Å². The van der Waals surface area contributed by atoms with Crippen molar-refractivity contribution in [1.29, 1.82) is 0 Å². The summed E-state index contributed by atoms with van der Waals surface area (Å²) in [6, 6.07) is 0. The fourth-order valence-corrected chi connectivity index (χ4v) is 1.92. The molecule has 0 unspecified atom stereocenters. The van der Waals surface area contributed by atoms with E-state index in [1.807, 2.05) is 0 Å². The maximum Gasteiger partial charge on any atom is -0.00248 e. The highest BCUT2D eigenvalue weighted by Crippen LogP contribution is 2.10. The monoisotopic (exact) mass is 244 g/mol. The van der Waals surface area contributed by atoms with E-state index in [0.29, 0.717) is 0 Å². The average molecular weight is 244 g/mol. The largest absolute Gasteiger partial charge is 0.333 e. The van der Waals surface area contributed by atoms with Crippen LogP contribution in [0.25, 0.3) is 0 Å². The summed E-state index contributed by atoms with van der Waals surface area (Å²) in [5, 5.41) is 0. The van der Waals surface area contributed by atoms with Crippen LogP contribution in [0.4, 0.5) is 0 Å². The lowest BCUT2D eigenvalue weighted by Crippen LogP contribution is -2.12. The third-order valence-corrected chi connectivity index (χ3v) is 2.96. The zero-order chi connectivity index (χ0) is 13.4. The molecule has 0 heterocycles. The summed E-state index contributed by atoms with van der Waals surface area (Å²) in [7, 11) is 5.82. The van der Waals surface area contributed by atoms with Crippen molar-refractivity contribution in [3.8, 4) is 0 Å². The van der Waals surface area contributed by atoms with E-state index >= 15 is 0 Å². The van der Waals surface area contributed by atoms with Gasteiger partial charge < -0.3 is 10.6 Å². The highest BCUT2D eigenvalue weighted by atomic mass is 15.0. The lowest BCUT2D eigenvalue weighted by molar-refractivity contribution is 0.389. The number of nitrogens with zero attached hydrogens (tertiary/aromatic N) is 1. The summed E-state index contributed by atoms with van der Waals surface area (Å²) < 4.78 is 0. The number of rotatable bonds is 11. The van der Waals surface area contributed by atoms with Gasteiger partial charge in [0.05, 0.1) is 0 Å². The Labute approximate surface area is 110 Å². The quantitative estimate of drug-likeness (QED) is 0.556. The maximum atomic E-state index is 4.50. The average Bonchev–Trinajstić information content (AvgIpc) is 2.34. The molecule has 0 rings (SSSR count). The lowest BCUT2D eigenvalue weighted by atomic mass is 10.1. The Kier molecular flexibility index (Phi) is 20.7. The molecular formula is C15H36N2. The molecular weight excluding hydrogens is 208 g/mol. The van der Waals surface area contributed by atoms with Crippen molar-refractivity contribution in [3.05, 3.63) is 0 Å². The molecule has 0 saturated heterocycles. The van der Waals surface area contributed by atoms with E-state index in [9.17, 15) is 0 Å². The predicted molar refractivity (Wildman–Crippen MR) is 80.5 cm³/mol. The number of hydrogen-bond acceptors (Lipinski definition) is 2. The molecule has 0 atom stereocenters. The smallest absolute Gasteiger partial charge is 0.00248 e. The maximum absolute atomic E-state index is 4.50. The van der Waals surface area contributed by atoms with Crippen molar-refractivity contribution in [2.24, 2.45) is 5.73 Å². The third-order valence-electron chi connectivity index (χ3n) is 2.96. The zero-order valence-corrected chi connectivity index (χ0v) is 12.8. The van der Waals surface area contributed by atoms with E-state index in [1.165, 1.54) is 77.8 Å². The second-order valence-electron chi connectivity index (χ2n) is 4.99. The van der Waals surface area contributed by atoms with Crippen LogP contribution in [0.3, 0.4) is 0 Å². The molecule has 2 heteroatoms. The van der Waals surface area contributed by atoms with Crippen LogP contribution in [-0.4, -0.2) is 32.6 Å². The topological polar surface area (TPSA) is 29.3 Å². The van der Waals surface area contributed by atoms with Gasteiger partial charge in [0, 0.05) is 0 Å². The van der Waals surface area contributed by atoms with Gasteiger partial charge in [0.2, 0.25) is 0 Å². The lowest BCUT2D eigenvalue weighted by Gasteiger charge is -2.08. The van der Waals surface area contributed by atoms with Crippen molar-refractivity contribution in [2.75, 3.05) is 27.7 Å². The van der Waals surface area contributed by atoms with Crippen molar-refractivity contribution < 1.29 is 0 Å². The molecule has 0 aromatic rings. The normalized spacial score (nSPS) is 10.2.